The van der Waals surface area contributed by atoms with Crippen LogP contribution >= 0.6 is 0 Å². The van der Waals surface area contributed by atoms with Gasteiger partial charge in [-0.05, 0) is 25.7 Å². The predicted molar refractivity (Wildman–Crippen MR) is 55.6 cm³/mol. The summed E-state index contributed by atoms with van der Waals surface area (Å²) in [4.78, 5) is 10.9. The normalized spacial score (nSPS) is 43.5. The lowest BCUT2D eigenvalue weighted by atomic mass is 9.70. The van der Waals surface area contributed by atoms with Crippen molar-refractivity contribution in [1.82, 2.24) is 0 Å². The summed E-state index contributed by atoms with van der Waals surface area (Å²) in [5, 5.41) is 0. The molecule has 1 atom stereocenters. The van der Waals surface area contributed by atoms with Gasteiger partial charge < -0.3 is 11.5 Å². The highest BCUT2D eigenvalue weighted by Gasteiger charge is 2.57. The van der Waals surface area contributed by atoms with E-state index in [-0.39, 0.29) is 17.7 Å². The number of carbonyl (C=O) groups excluding carboxylic acids is 1. The first kappa shape index (κ1) is 10.9. The summed E-state index contributed by atoms with van der Waals surface area (Å²) in [5.74, 6) is -0.514. The Bertz CT molecular complexity index is 384. The molecule has 1 heterocycles. The standard InChI is InChI=1S/C9H16N2O3S/c10-7-1-2-15(13,14)9(5-7)3-6(4-9)8(11)12/h6-7H,1-5,10H2,(H2,11,12). The minimum Gasteiger partial charge on any atom is -0.369 e. The van der Waals surface area contributed by atoms with Gasteiger partial charge in [-0.2, -0.15) is 0 Å². The maximum absolute atomic E-state index is 11.9. The number of nitrogens with two attached hydrogens (primary N) is 2. The molecule has 86 valence electrons. The Morgan fingerprint density at radius 3 is 2.40 bits per heavy atom. The Morgan fingerprint density at radius 2 is 1.87 bits per heavy atom. The number of primary amides is 1. The molecule has 1 aliphatic heterocycles. The van der Waals surface area contributed by atoms with Crippen LogP contribution in [0.5, 0.6) is 0 Å². The number of amides is 1. The van der Waals surface area contributed by atoms with Crippen molar-refractivity contribution in [3.8, 4) is 0 Å². The minimum absolute atomic E-state index is 0.0534. The van der Waals surface area contributed by atoms with E-state index in [0.29, 0.717) is 25.7 Å². The van der Waals surface area contributed by atoms with Gasteiger partial charge in [0.1, 0.15) is 0 Å². The topological polar surface area (TPSA) is 103 Å². The van der Waals surface area contributed by atoms with E-state index in [1.54, 1.807) is 0 Å². The highest BCUT2D eigenvalue weighted by atomic mass is 32.2. The van der Waals surface area contributed by atoms with Gasteiger partial charge in [0.05, 0.1) is 10.5 Å². The Labute approximate surface area is 89.1 Å². The van der Waals surface area contributed by atoms with Gasteiger partial charge in [0.15, 0.2) is 9.84 Å². The molecule has 0 aromatic carbocycles. The third kappa shape index (κ3) is 1.56. The van der Waals surface area contributed by atoms with Crippen LogP contribution < -0.4 is 11.5 Å². The highest BCUT2D eigenvalue weighted by molar-refractivity contribution is 7.92. The first-order valence-electron chi connectivity index (χ1n) is 5.13. The molecule has 2 rings (SSSR count). The molecule has 1 aliphatic carbocycles. The Hall–Kier alpha value is -0.620. The maximum Gasteiger partial charge on any atom is 0.220 e. The van der Waals surface area contributed by atoms with Crippen LogP contribution in [-0.2, 0) is 14.6 Å². The summed E-state index contributed by atoms with van der Waals surface area (Å²) in [6.07, 6.45) is 1.77. The van der Waals surface area contributed by atoms with Crippen LogP contribution in [0.1, 0.15) is 25.7 Å². The summed E-state index contributed by atoms with van der Waals surface area (Å²) >= 11 is 0. The smallest absolute Gasteiger partial charge is 0.220 e. The molecule has 2 fully saturated rings. The molecule has 1 unspecified atom stereocenters. The van der Waals surface area contributed by atoms with E-state index in [1.165, 1.54) is 0 Å². The Morgan fingerprint density at radius 1 is 1.27 bits per heavy atom. The van der Waals surface area contributed by atoms with E-state index in [9.17, 15) is 13.2 Å². The second kappa shape index (κ2) is 3.18. The molecular weight excluding hydrogens is 216 g/mol. The average molecular weight is 232 g/mol. The number of hydrogen-bond donors (Lipinski definition) is 2. The molecule has 1 saturated heterocycles. The lowest BCUT2D eigenvalue weighted by Gasteiger charge is -2.49. The van der Waals surface area contributed by atoms with Crippen molar-refractivity contribution in [2.24, 2.45) is 17.4 Å². The number of carbonyl (C=O) groups is 1. The molecule has 6 heteroatoms. The number of sulfone groups is 1. The van der Waals surface area contributed by atoms with Crippen LogP contribution in [0.2, 0.25) is 0 Å². The molecule has 0 aromatic rings. The fourth-order valence-corrected chi connectivity index (χ4v) is 5.11. The molecule has 4 N–H and O–H groups in total. The summed E-state index contributed by atoms with van der Waals surface area (Å²) < 4.78 is 23.1. The number of hydrogen-bond acceptors (Lipinski definition) is 4. The highest BCUT2D eigenvalue weighted by Crippen LogP contribution is 2.49. The van der Waals surface area contributed by atoms with Crippen LogP contribution in [0.3, 0.4) is 0 Å². The summed E-state index contributed by atoms with van der Waals surface area (Å²) in [5.41, 5.74) is 10.9. The van der Waals surface area contributed by atoms with Crippen LogP contribution in [0.25, 0.3) is 0 Å². The molecule has 0 aromatic heterocycles. The van der Waals surface area contributed by atoms with Crippen molar-refractivity contribution in [2.75, 3.05) is 5.75 Å². The van der Waals surface area contributed by atoms with Crippen molar-refractivity contribution < 1.29 is 13.2 Å². The molecular formula is C9H16N2O3S. The van der Waals surface area contributed by atoms with Gasteiger partial charge in [0.2, 0.25) is 5.91 Å². The van der Waals surface area contributed by atoms with E-state index in [0.717, 1.165) is 0 Å². The monoisotopic (exact) mass is 232 g/mol. The van der Waals surface area contributed by atoms with Gasteiger partial charge >= 0.3 is 0 Å². The van der Waals surface area contributed by atoms with Gasteiger partial charge in [0.25, 0.3) is 0 Å². The molecule has 1 spiro atoms. The van der Waals surface area contributed by atoms with Gasteiger partial charge in [-0.15, -0.1) is 0 Å². The second-order valence-corrected chi connectivity index (χ2v) is 7.27. The summed E-state index contributed by atoms with van der Waals surface area (Å²) in [6.45, 7) is 0. The van der Waals surface area contributed by atoms with Gasteiger partial charge in [-0.3, -0.25) is 4.79 Å². The Balaban J connectivity index is 2.18. The van der Waals surface area contributed by atoms with E-state index < -0.39 is 20.5 Å². The summed E-state index contributed by atoms with van der Waals surface area (Å²) in [7, 11) is -3.07. The zero-order valence-electron chi connectivity index (χ0n) is 8.48. The second-order valence-electron chi connectivity index (χ2n) is 4.76. The zero-order valence-corrected chi connectivity index (χ0v) is 9.29. The molecule has 0 radical (unpaired) electrons. The molecule has 0 bridgehead atoms. The van der Waals surface area contributed by atoms with Gasteiger partial charge in [0, 0.05) is 12.0 Å². The van der Waals surface area contributed by atoms with Crippen LogP contribution in [0, 0.1) is 5.92 Å². The van der Waals surface area contributed by atoms with Gasteiger partial charge in [-0.25, -0.2) is 8.42 Å². The lowest BCUT2D eigenvalue weighted by molar-refractivity contribution is -0.125. The fraction of sp³-hybridized carbons (Fsp3) is 0.889. The molecule has 1 saturated carbocycles. The molecule has 15 heavy (non-hydrogen) atoms. The van der Waals surface area contributed by atoms with Crippen LogP contribution in [0.4, 0.5) is 0 Å². The van der Waals surface area contributed by atoms with E-state index >= 15 is 0 Å². The van der Waals surface area contributed by atoms with E-state index in [2.05, 4.69) is 0 Å². The van der Waals surface area contributed by atoms with Crippen molar-refractivity contribution in [1.29, 1.82) is 0 Å². The van der Waals surface area contributed by atoms with Crippen molar-refractivity contribution in [2.45, 2.75) is 36.5 Å². The summed E-state index contributed by atoms with van der Waals surface area (Å²) in [6, 6.07) is -0.0534. The first-order valence-corrected chi connectivity index (χ1v) is 6.79. The third-order valence-electron chi connectivity index (χ3n) is 3.69. The van der Waals surface area contributed by atoms with Gasteiger partial charge in [-0.1, -0.05) is 0 Å². The van der Waals surface area contributed by atoms with Crippen molar-refractivity contribution in [3.05, 3.63) is 0 Å². The van der Waals surface area contributed by atoms with E-state index in [1.807, 2.05) is 0 Å². The van der Waals surface area contributed by atoms with E-state index in [4.69, 9.17) is 11.5 Å². The number of rotatable bonds is 1. The molecule has 5 nitrogen and oxygen atoms in total. The SMILES string of the molecule is NC(=O)C1CC2(CC(N)CCS2(=O)=O)C1. The molecule has 1 amide bonds. The fourth-order valence-electron chi connectivity index (χ4n) is 2.69. The largest absolute Gasteiger partial charge is 0.369 e. The average Bonchev–Trinajstić information content (AvgIpc) is 2.04. The Kier molecular flexibility index (Phi) is 2.31. The minimum atomic E-state index is -3.07. The van der Waals surface area contributed by atoms with Crippen molar-refractivity contribution in [3.63, 3.8) is 0 Å². The third-order valence-corrected chi connectivity index (χ3v) is 6.28. The molecule has 2 aliphatic rings. The lowest BCUT2D eigenvalue weighted by Crippen LogP contribution is -2.59. The zero-order chi connectivity index (χ0) is 11.3. The van der Waals surface area contributed by atoms with Crippen LogP contribution in [0.15, 0.2) is 0 Å². The quantitative estimate of drug-likeness (QED) is 0.615. The van der Waals surface area contributed by atoms with Crippen LogP contribution in [-0.4, -0.2) is 30.9 Å². The first-order chi connectivity index (χ1) is 6.86. The predicted octanol–water partition coefficient (Wildman–Crippen LogP) is -0.844. The van der Waals surface area contributed by atoms with Crippen molar-refractivity contribution >= 4 is 15.7 Å². The maximum atomic E-state index is 11.9.